The van der Waals surface area contributed by atoms with Crippen molar-refractivity contribution in [2.75, 3.05) is 6.61 Å². The van der Waals surface area contributed by atoms with E-state index in [-0.39, 0.29) is 18.8 Å². The lowest BCUT2D eigenvalue weighted by Crippen LogP contribution is -2.45. The van der Waals surface area contributed by atoms with Crippen molar-refractivity contribution in [3.8, 4) is 0 Å². The number of ether oxygens (including phenoxy) is 2. The lowest BCUT2D eigenvalue weighted by molar-refractivity contribution is -0.151. The van der Waals surface area contributed by atoms with Gasteiger partial charge in [-0.25, -0.2) is 0 Å². The minimum atomic E-state index is -1.32. The van der Waals surface area contributed by atoms with Gasteiger partial charge in [-0.15, -0.1) is 0 Å². The van der Waals surface area contributed by atoms with Crippen molar-refractivity contribution in [3.63, 3.8) is 0 Å². The van der Waals surface area contributed by atoms with Crippen molar-refractivity contribution >= 4 is 5.97 Å². The minimum Gasteiger partial charge on any atom is -0.508 e. The summed E-state index contributed by atoms with van der Waals surface area (Å²) < 4.78 is 11.3. The largest absolute Gasteiger partial charge is 0.508 e. The molecule has 2 fully saturated rings. The van der Waals surface area contributed by atoms with Gasteiger partial charge in [-0.2, -0.15) is 0 Å². The summed E-state index contributed by atoms with van der Waals surface area (Å²) in [5.41, 5.74) is 0.978. The normalized spacial score (nSPS) is 38.6. The molecule has 23 heavy (non-hydrogen) atoms. The molecule has 4 aliphatic rings. The van der Waals surface area contributed by atoms with E-state index in [1.54, 1.807) is 6.08 Å². The molecule has 118 valence electrons. The van der Waals surface area contributed by atoms with Gasteiger partial charge >= 0.3 is 5.97 Å². The highest BCUT2D eigenvalue weighted by Gasteiger charge is 2.83. The third-order valence-corrected chi connectivity index (χ3v) is 5.64. The number of esters is 1. The van der Waals surface area contributed by atoms with Crippen LogP contribution in [0, 0.1) is 0 Å². The van der Waals surface area contributed by atoms with E-state index in [4.69, 9.17) is 9.47 Å². The average molecular weight is 312 g/mol. The standard InChI is InChI=1S/C18H16O5/c1-10(19)22-9-16(21)8-17-14-6-11(7-15(14)20)18(17,23-17)13-5-3-2-4-12(13)16/h2-5,7,20-21H,6,8-9H2,1H3. The second-order valence-electron chi connectivity index (χ2n) is 6.85. The maximum Gasteiger partial charge on any atom is 0.302 e. The third-order valence-electron chi connectivity index (χ3n) is 5.64. The van der Waals surface area contributed by atoms with Crippen LogP contribution in [0.4, 0.5) is 0 Å². The Hall–Kier alpha value is -2.11. The number of carbonyl (C=O) groups excluding carboxylic acids is 1. The Balaban J connectivity index is 1.69. The Morgan fingerprint density at radius 2 is 2.09 bits per heavy atom. The van der Waals surface area contributed by atoms with Gasteiger partial charge in [-0.3, -0.25) is 4.79 Å². The number of rotatable bonds is 2. The molecule has 3 unspecified atom stereocenters. The topological polar surface area (TPSA) is 79.3 Å². The van der Waals surface area contributed by atoms with Crippen LogP contribution in [0.5, 0.6) is 0 Å². The van der Waals surface area contributed by atoms with Gasteiger partial charge in [-0.1, -0.05) is 24.3 Å². The molecule has 1 aromatic rings. The molecule has 5 rings (SSSR count). The fourth-order valence-electron chi connectivity index (χ4n) is 4.76. The first-order valence-corrected chi connectivity index (χ1v) is 7.72. The minimum absolute atomic E-state index is 0.117. The number of allylic oxidation sites excluding steroid dienone is 1. The molecule has 1 aromatic carbocycles. The highest BCUT2D eigenvalue weighted by molar-refractivity contribution is 5.69. The summed E-state index contributed by atoms with van der Waals surface area (Å²) in [5.74, 6) is -0.179. The van der Waals surface area contributed by atoms with Crippen molar-refractivity contribution in [2.24, 2.45) is 0 Å². The Bertz CT molecular complexity index is 838. The molecule has 0 amide bonds. The van der Waals surface area contributed by atoms with Gasteiger partial charge in [0.05, 0.1) is 0 Å². The number of fused-ring (bicyclic) bond motifs is 3. The Morgan fingerprint density at radius 3 is 2.83 bits per heavy atom. The molecule has 1 saturated carbocycles. The molecular formula is C18H16O5. The Kier molecular flexibility index (Phi) is 2.14. The van der Waals surface area contributed by atoms with E-state index in [1.807, 2.05) is 24.3 Å². The zero-order chi connectivity index (χ0) is 16.0. The summed E-state index contributed by atoms with van der Waals surface area (Å²) in [6.07, 6.45) is 2.75. The van der Waals surface area contributed by atoms with Gasteiger partial charge < -0.3 is 19.7 Å². The van der Waals surface area contributed by atoms with E-state index in [2.05, 4.69) is 0 Å². The van der Waals surface area contributed by atoms with E-state index in [1.165, 1.54) is 6.92 Å². The number of hydrogen-bond acceptors (Lipinski definition) is 5. The monoisotopic (exact) mass is 312 g/mol. The van der Waals surface area contributed by atoms with Crippen LogP contribution in [0.25, 0.3) is 0 Å². The van der Waals surface area contributed by atoms with Crippen molar-refractivity contribution in [3.05, 3.63) is 58.4 Å². The zero-order valence-electron chi connectivity index (χ0n) is 12.6. The predicted octanol–water partition coefficient (Wildman–Crippen LogP) is 1.96. The van der Waals surface area contributed by atoms with Crippen LogP contribution in [0.2, 0.25) is 0 Å². The van der Waals surface area contributed by atoms with Gasteiger partial charge in [0.15, 0.2) is 0 Å². The van der Waals surface area contributed by atoms with Gasteiger partial charge in [0, 0.05) is 18.9 Å². The molecule has 1 heterocycles. The smallest absolute Gasteiger partial charge is 0.302 e. The second kappa shape index (κ2) is 3.68. The fourth-order valence-corrected chi connectivity index (χ4v) is 4.76. The van der Waals surface area contributed by atoms with Gasteiger partial charge in [0.2, 0.25) is 0 Å². The fraction of sp³-hybridized carbons (Fsp3) is 0.389. The first-order chi connectivity index (χ1) is 10.9. The molecular weight excluding hydrogens is 296 g/mol. The molecule has 0 aromatic heterocycles. The van der Waals surface area contributed by atoms with E-state index in [0.717, 1.165) is 22.3 Å². The number of aliphatic hydroxyl groups is 2. The highest BCUT2D eigenvalue weighted by Crippen LogP contribution is 2.78. The van der Waals surface area contributed by atoms with E-state index >= 15 is 0 Å². The molecule has 0 spiro atoms. The van der Waals surface area contributed by atoms with Crippen LogP contribution in [-0.4, -0.2) is 28.4 Å². The number of aliphatic hydroxyl groups excluding tert-OH is 1. The van der Waals surface area contributed by atoms with Crippen LogP contribution in [0.1, 0.15) is 30.9 Å². The lowest BCUT2D eigenvalue weighted by atomic mass is 9.67. The number of carbonyl (C=O) groups is 1. The molecule has 3 atom stereocenters. The average Bonchev–Trinajstić information content (AvgIpc) is 2.96. The van der Waals surface area contributed by atoms with E-state index in [9.17, 15) is 15.0 Å². The van der Waals surface area contributed by atoms with Crippen molar-refractivity contribution < 1.29 is 24.5 Å². The van der Waals surface area contributed by atoms with E-state index < -0.39 is 22.8 Å². The molecule has 3 aliphatic carbocycles. The summed E-state index contributed by atoms with van der Waals surface area (Å²) in [5, 5.41) is 21.4. The van der Waals surface area contributed by atoms with Crippen LogP contribution in [-0.2, 0) is 25.5 Å². The van der Waals surface area contributed by atoms with Crippen molar-refractivity contribution in [2.45, 2.75) is 36.6 Å². The van der Waals surface area contributed by atoms with Crippen LogP contribution in [0.3, 0.4) is 0 Å². The first-order valence-electron chi connectivity index (χ1n) is 7.72. The summed E-state index contributed by atoms with van der Waals surface area (Å²) in [6, 6.07) is 7.59. The van der Waals surface area contributed by atoms with Gasteiger partial charge in [-0.05, 0) is 29.2 Å². The van der Waals surface area contributed by atoms with Crippen LogP contribution < -0.4 is 0 Å². The molecule has 1 aliphatic heterocycles. The maximum absolute atomic E-state index is 11.2. The summed E-state index contributed by atoms with van der Waals surface area (Å²) in [7, 11) is 0. The Labute approximate surface area is 132 Å². The van der Waals surface area contributed by atoms with Crippen molar-refractivity contribution in [1.82, 2.24) is 0 Å². The lowest BCUT2D eigenvalue weighted by Gasteiger charge is -2.38. The number of epoxide rings is 1. The quantitative estimate of drug-likeness (QED) is 0.644. The molecule has 2 bridgehead atoms. The zero-order valence-corrected chi connectivity index (χ0v) is 12.6. The second-order valence-corrected chi connectivity index (χ2v) is 6.85. The Morgan fingerprint density at radius 1 is 1.35 bits per heavy atom. The molecule has 1 saturated heterocycles. The van der Waals surface area contributed by atoms with Crippen molar-refractivity contribution in [1.29, 1.82) is 0 Å². The number of benzene rings is 1. The molecule has 5 nitrogen and oxygen atoms in total. The van der Waals surface area contributed by atoms with Gasteiger partial charge in [0.1, 0.15) is 29.2 Å². The van der Waals surface area contributed by atoms with E-state index in [0.29, 0.717) is 6.42 Å². The third kappa shape index (κ3) is 1.30. The molecule has 5 heteroatoms. The predicted molar refractivity (Wildman–Crippen MR) is 79.4 cm³/mol. The summed E-state index contributed by atoms with van der Waals surface area (Å²) in [6.45, 7) is 1.21. The van der Waals surface area contributed by atoms with Gasteiger partial charge in [0.25, 0.3) is 0 Å². The summed E-state index contributed by atoms with van der Waals surface area (Å²) >= 11 is 0. The molecule has 0 radical (unpaired) electrons. The van der Waals surface area contributed by atoms with Crippen LogP contribution >= 0.6 is 0 Å². The summed E-state index contributed by atoms with van der Waals surface area (Å²) in [4.78, 5) is 11.2. The first kappa shape index (κ1) is 13.3. The highest BCUT2D eigenvalue weighted by atomic mass is 16.6. The van der Waals surface area contributed by atoms with Crippen LogP contribution in [0.15, 0.2) is 47.2 Å². The molecule has 2 N–H and O–H groups in total. The number of hydrogen-bond donors (Lipinski definition) is 2. The SMILES string of the molecule is CC(=O)OCC1(O)CC23OC2(C2=CC(O)=C3C2)c2ccccc21. The maximum atomic E-state index is 11.2.